The molecule has 0 aliphatic carbocycles. The van der Waals surface area contributed by atoms with Crippen molar-refractivity contribution in [2.24, 2.45) is 0 Å². The van der Waals surface area contributed by atoms with Crippen LogP contribution in [0.3, 0.4) is 0 Å². The van der Waals surface area contributed by atoms with Crippen molar-refractivity contribution in [2.45, 2.75) is 53.9 Å². The van der Waals surface area contributed by atoms with E-state index in [2.05, 4.69) is 172 Å². The molecular weight excluding hydrogens is 1130 g/mol. The first-order valence-electron chi connectivity index (χ1n) is 30.7. The largest absolute Gasteiger partial charge is 0.423 e. The fourth-order valence-corrected chi connectivity index (χ4v) is 11.8. The zero-order valence-electron chi connectivity index (χ0n) is 52.5. The number of benzene rings is 12. The third kappa shape index (κ3) is 13.5. The lowest BCUT2D eigenvalue weighted by Crippen LogP contribution is -2.25. The summed E-state index contributed by atoms with van der Waals surface area (Å²) in [5, 5.41) is 0. The Morgan fingerprint density at radius 3 is 0.630 bits per heavy atom. The van der Waals surface area contributed by atoms with Crippen molar-refractivity contribution in [3.05, 3.63) is 358 Å². The average Bonchev–Trinajstić information content (AvgIpc) is 0.849. The van der Waals surface area contributed by atoms with Crippen LogP contribution in [0.15, 0.2) is 291 Å². The molecule has 0 heterocycles. The lowest BCUT2D eigenvalue weighted by atomic mass is 9.71. The Labute approximate surface area is 538 Å². The number of rotatable bonds is 18. The first-order valence-corrected chi connectivity index (χ1v) is 30.7. The zero-order valence-corrected chi connectivity index (χ0v) is 52.5. The Morgan fingerprint density at radius 1 is 0.250 bits per heavy atom. The minimum absolute atomic E-state index is 0.368. The molecule has 9 nitrogen and oxygen atoms in total. The van der Waals surface area contributed by atoms with E-state index in [0.717, 1.165) is 101 Å². The molecule has 92 heavy (non-hydrogen) atoms. The van der Waals surface area contributed by atoms with Gasteiger partial charge in [0.25, 0.3) is 0 Å². The SMILES string of the molecule is Cc1cccc(N(c2ccc(C(=O)Oc3ccc(C(C)(c4ccc(OC(=O)c5ccc(N(c6cccc(C)c6)c6cccc(C)c6)cc5)cc4)c4ccc(OC(=O)c5ccc(N(c6cccc(C)c6)c6cccc(C)c6)cc5)cc4)cc3)cc2)c2cccc(C)c2)c1. The van der Waals surface area contributed by atoms with Crippen LogP contribution in [0, 0.1) is 41.5 Å². The highest BCUT2D eigenvalue weighted by Gasteiger charge is 2.32. The van der Waals surface area contributed by atoms with Gasteiger partial charge in [-0.3, -0.25) is 0 Å². The Balaban J connectivity index is 0.796. The van der Waals surface area contributed by atoms with E-state index in [0.29, 0.717) is 33.9 Å². The molecular formula is C83H69N3O6. The molecule has 0 amide bonds. The van der Waals surface area contributed by atoms with Crippen LogP contribution >= 0.6 is 0 Å². The number of carbonyl (C=O) groups excluding carboxylic acids is 3. The van der Waals surface area contributed by atoms with Gasteiger partial charge in [0.1, 0.15) is 17.2 Å². The third-order valence-corrected chi connectivity index (χ3v) is 16.6. The molecule has 0 atom stereocenters. The molecule has 0 spiro atoms. The predicted molar refractivity (Wildman–Crippen MR) is 372 cm³/mol. The molecule has 0 aliphatic heterocycles. The molecule has 0 saturated carbocycles. The number of nitrogens with zero attached hydrogens (tertiary/aromatic N) is 3. The van der Waals surface area contributed by atoms with Gasteiger partial charge in [-0.2, -0.15) is 0 Å². The van der Waals surface area contributed by atoms with E-state index in [-0.39, 0.29) is 0 Å². The zero-order chi connectivity index (χ0) is 63.9. The lowest BCUT2D eigenvalue weighted by Gasteiger charge is -2.32. The molecule has 12 rings (SSSR count). The van der Waals surface area contributed by atoms with E-state index in [1.807, 2.05) is 109 Å². The molecule has 0 aromatic heterocycles. The summed E-state index contributed by atoms with van der Waals surface area (Å²) in [6.45, 7) is 14.5. The molecule has 0 radical (unpaired) electrons. The highest BCUT2D eigenvalue weighted by atomic mass is 16.5. The monoisotopic (exact) mass is 1200 g/mol. The normalized spacial score (nSPS) is 11.1. The highest BCUT2D eigenvalue weighted by molar-refractivity contribution is 5.94. The predicted octanol–water partition coefficient (Wildman–Crippen LogP) is 21.0. The summed E-state index contributed by atoms with van der Waals surface area (Å²) in [5.74, 6) is -0.381. The van der Waals surface area contributed by atoms with E-state index >= 15 is 0 Å². The minimum Gasteiger partial charge on any atom is -0.423 e. The van der Waals surface area contributed by atoms with E-state index in [1.54, 1.807) is 72.8 Å². The number of ether oxygens (including phenoxy) is 3. The molecule has 452 valence electrons. The van der Waals surface area contributed by atoms with Gasteiger partial charge in [0.05, 0.1) is 16.7 Å². The van der Waals surface area contributed by atoms with Crippen molar-refractivity contribution in [1.82, 2.24) is 0 Å². The second-order valence-corrected chi connectivity index (χ2v) is 23.5. The van der Waals surface area contributed by atoms with E-state index in [4.69, 9.17) is 14.2 Å². The number of hydrogen-bond acceptors (Lipinski definition) is 9. The van der Waals surface area contributed by atoms with E-state index < -0.39 is 23.3 Å². The third-order valence-electron chi connectivity index (χ3n) is 16.6. The van der Waals surface area contributed by atoms with Crippen LogP contribution in [0.1, 0.15) is 88.1 Å². The van der Waals surface area contributed by atoms with Gasteiger partial charge in [-0.25, -0.2) is 14.4 Å². The first kappa shape index (κ1) is 60.7. The maximum absolute atomic E-state index is 13.9. The Kier molecular flexibility index (Phi) is 17.6. The standard InChI is InChI=1S/C83H69N3O6/c1-56-14-8-20-71(50-56)84(72-21-9-15-57(2)51-72)68-38-26-62(27-39-68)80(87)90-77-44-32-65(33-45-77)83(7,66-34-46-78(47-35-66)91-81(88)63-28-40-69(41-29-63)85(73-22-10-16-58(3)52-73)74-23-11-17-59(4)53-74)67-36-48-79(49-37-67)92-82(89)64-30-42-70(43-31-64)86(75-24-12-18-60(5)54-75)76-25-13-19-61(6)55-76/h8-55H,1-7H3. The fourth-order valence-electron chi connectivity index (χ4n) is 11.8. The topological polar surface area (TPSA) is 88.6 Å². The molecule has 0 fully saturated rings. The number of esters is 3. The maximum atomic E-state index is 13.9. The summed E-state index contributed by atoms with van der Waals surface area (Å²) in [7, 11) is 0. The average molecular weight is 1200 g/mol. The van der Waals surface area contributed by atoms with Crippen molar-refractivity contribution in [3.63, 3.8) is 0 Å². The van der Waals surface area contributed by atoms with Crippen molar-refractivity contribution in [2.75, 3.05) is 14.7 Å². The number of anilines is 9. The fraction of sp³-hybridized carbons (Fsp3) is 0.0964. The van der Waals surface area contributed by atoms with Crippen molar-refractivity contribution >= 4 is 69.1 Å². The summed E-state index contributed by atoms with van der Waals surface area (Å²) in [4.78, 5) is 48.1. The summed E-state index contributed by atoms with van der Waals surface area (Å²) in [6.07, 6.45) is 0. The van der Waals surface area contributed by atoms with Gasteiger partial charge in [0.2, 0.25) is 0 Å². The molecule has 0 N–H and O–H groups in total. The molecule has 9 heteroatoms. The maximum Gasteiger partial charge on any atom is 0.343 e. The number of aryl methyl sites for hydroxylation is 6. The molecule has 0 unspecified atom stereocenters. The molecule has 12 aromatic rings. The van der Waals surface area contributed by atoms with Gasteiger partial charge in [-0.1, -0.05) is 109 Å². The van der Waals surface area contributed by atoms with Crippen molar-refractivity contribution in [1.29, 1.82) is 0 Å². The first-order chi connectivity index (χ1) is 44.6. The molecule has 0 bridgehead atoms. The van der Waals surface area contributed by atoms with Gasteiger partial charge < -0.3 is 28.9 Å². The highest BCUT2D eigenvalue weighted by Crippen LogP contribution is 2.43. The molecule has 0 saturated heterocycles. The summed E-state index contributed by atoms with van der Waals surface area (Å²) in [6, 6.07) is 94.8. The van der Waals surface area contributed by atoms with Gasteiger partial charge in [-0.05, 0) is 281 Å². The van der Waals surface area contributed by atoms with Crippen LogP contribution in [0.4, 0.5) is 51.2 Å². The second kappa shape index (κ2) is 26.7. The van der Waals surface area contributed by atoms with Gasteiger partial charge in [0, 0.05) is 56.6 Å². The van der Waals surface area contributed by atoms with Crippen molar-refractivity contribution in [3.8, 4) is 17.2 Å². The van der Waals surface area contributed by atoms with Gasteiger partial charge >= 0.3 is 17.9 Å². The van der Waals surface area contributed by atoms with E-state index in [1.165, 1.54) is 0 Å². The van der Waals surface area contributed by atoms with Crippen LogP contribution < -0.4 is 28.9 Å². The van der Waals surface area contributed by atoms with Crippen molar-refractivity contribution < 1.29 is 28.6 Å². The van der Waals surface area contributed by atoms with Crippen LogP contribution in [-0.2, 0) is 5.41 Å². The smallest absolute Gasteiger partial charge is 0.343 e. The number of hydrogen-bond donors (Lipinski definition) is 0. The number of carbonyl (C=O) groups is 3. The summed E-state index contributed by atoms with van der Waals surface area (Å²) < 4.78 is 18.1. The Bertz CT molecular complexity index is 4010. The van der Waals surface area contributed by atoms with Gasteiger partial charge in [-0.15, -0.1) is 0 Å². The van der Waals surface area contributed by atoms with Crippen LogP contribution in [0.2, 0.25) is 0 Å². The minimum atomic E-state index is -0.837. The molecule has 0 aliphatic rings. The van der Waals surface area contributed by atoms with Crippen LogP contribution in [0.5, 0.6) is 17.2 Å². The quantitative estimate of drug-likeness (QED) is 0.0473. The van der Waals surface area contributed by atoms with Crippen LogP contribution in [0.25, 0.3) is 0 Å². The van der Waals surface area contributed by atoms with Gasteiger partial charge in [0.15, 0.2) is 0 Å². The summed E-state index contributed by atoms with van der Waals surface area (Å²) >= 11 is 0. The Morgan fingerprint density at radius 2 is 0.446 bits per heavy atom. The lowest BCUT2D eigenvalue weighted by molar-refractivity contribution is 0.0725. The molecule has 12 aromatic carbocycles. The Hall–Kier alpha value is -11.6. The van der Waals surface area contributed by atoms with E-state index in [9.17, 15) is 14.4 Å². The second-order valence-electron chi connectivity index (χ2n) is 23.5. The van der Waals surface area contributed by atoms with Crippen LogP contribution in [-0.4, -0.2) is 17.9 Å². The summed E-state index contributed by atoms with van der Waals surface area (Å²) in [5.41, 5.74) is 18.5.